The quantitative estimate of drug-likeness (QED) is 0.538. The second-order valence-corrected chi connectivity index (χ2v) is 11.5. The first-order valence-electron chi connectivity index (χ1n) is 13.2. The first kappa shape index (κ1) is 24.7. The number of likely N-dealkylation sites (N-methyl/N-ethyl adjacent to an activating group) is 1. The third-order valence-electron chi connectivity index (χ3n) is 8.78. The molecule has 6 rings (SSSR count). The molecule has 2 N–H and O–H groups in total. The minimum Gasteiger partial charge on any atom is -0.386 e. The van der Waals surface area contributed by atoms with Crippen molar-refractivity contribution in [3.8, 4) is 0 Å². The van der Waals surface area contributed by atoms with Crippen molar-refractivity contribution in [2.75, 3.05) is 51.6 Å². The van der Waals surface area contributed by atoms with Gasteiger partial charge in [-0.3, -0.25) is 9.58 Å². The third kappa shape index (κ3) is 4.40. The van der Waals surface area contributed by atoms with Gasteiger partial charge in [0, 0.05) is 67.5 Å². The summed E-state index contributed by atoms with van der Waals surface area (Å²) in [5, 5.41) is 20.6. The summed E-state index contributed by atoms with van der Waals surface area (Å²) in [7, 11) is 2.17. The number of urea groups is 1. The van der Waals surface area contributed by atoms with Gasteiger partial charge in [0.2, 0.25) is 0 Å². The number of halogens is 1. The number of likely N-dealkylation sites (tertiary alicyclic amines) is 1. The summed E-state index contributed by atoms with van der Waals surface area (Å²) in [6, 6.07) is 11.9. The zero-order valence-electron chi connectivity index (χ0n) is 21.5. The Balaban J connectivity index is 1.06. The Bertz CT molecular complexity index is 1290. The van der Waals surface area contributed by atoms with Gasteiger partial charge in [-0.1, -0.05) is 23.7 Å². The molecule has 3 aliphatic heterocycles. The van der Waals surface area contributed by atoms with Gasteiger partial charge in [0.1, 0.15) is 6.10 Å². The summed E-state index contributed by atoms with van der Waals surface area (Å²) in [5.41, 5.74) is 3.34. The zero-order valence-corrected chi connectivity index (χ0v) is 22.3. The highest BCUT2D eigenvalue weighted by Gasteiger charge is 2.50. The summed E-state index contributed by atoms with van der Waals surface area (Å²) >= 11 is 6.30. The van der Waals surface area contributed by atoms with Gasteiger partial charge in [0.25, 0.3) is 0 Å². The zero-order chi connectivity index (χ0) is 25.7. The second kappa shape index (κ2) is 9.58. The number of nitrogens with zero attached hydrogens (tertiary/aromatic N) is 5. The number of piperazine rings is 1. The van der Waals surface area contributed by atoms with Crippen LogP contribution in [-0.4, -0.2) is 81.9 Å². The third-order valence-corrected chi connectivity index (χ3v) is 9.00. The minimum atomic E-state index is -0.674. The molecule has 0 radical (unpaired) electrons. The number of nitrogens with one attached hydrogen (secondary N) is 1. The summed E-state index contributed by atoms with van der Waals surface area (Å²) < 4.78 is 1.99. The number of hydrogen-bond acceptors (Lipinski definition) is 5. The van der Waals surface area contributed by atoms with E-state index in [1.165, 1.54) is 5.56 Å². The predicted molar refractivity (Wildman–Crippen MR) is 146 cm³/mol. The van der Waals surface area contributed by atoms with Gasteiger partial charge in [0.15, 0.2) is 0 Å². The van der Waals surface area contributed by atoms with Crippen LogP contribution < -0.4 is 5.32 Å². The number of benzene rings is 2. The highest BCUT2D eigenvalue weighted by Crippen LogP contribution is 2.51. The minimum absolute atomic E-state index is 0.0704. The Labute approximate surface area is 222 Å². The lowest BCUT2D eigenvalue weighted by atomic mass is 9.75. The summed E-state index contributed by atoms with van der Waals surface area (Å²) in [4.78, 5) is 19.7. The molecule has 3 aliphatic rings. The van der Waals surface area contributed by atoms with Gasteiger partial charge in [-0.05, 0) is 62.6 Å². The molecule has 8 nitrogen and oxygen atoms in total. The van der Waals surface area contributed by atoms with E-state index in [-0.39, 0.29) is 11.9 Å². The Morgan fingerprint density at radius 1 is 1.11 bits per heavy atom. The first-order chi connectivity index (χ1) is 17.8. The molecule has 1 aromatic heterocycles. The second-order valence-electron chi connectivity index (χ2n) is 11.1. The van der Waals surface area contributed by atoms with Crippen molar-refractivity contribution in [2.24, 2.45) is 5.92 Å². The summed E-state index contributed by atoms with van der Waals surface area (Å²) in [5.74, 6) is 0.190. The molecule has 4 heterocycles. The van der Waals surface area contributed by atoms with Crippen LogP contribution in [0.5, 0.6) is 0 Å². The van der Waals surface area contributed by atoms with E-state index in [9.17, 15) is 9.90 Å². The monoisotopic (exact) mass is 522 g/mol. The van der Waals surface area contributed by atoms with Crippen molar-refractivity contribution in [2.45, 2.75) is 38.0 Å². The van der Waals surface area contributed by atoms with Crippen LogP contribution in [0.2, 0.25) is 5.02 Å². The van der Waals surface area contributed by atoms with Crippen LogP contribution in [0.15, 0.2) is 42.6 Å². The van der Waals surface area contributed by atoms with Crippen LogP contribution in [0.25, 0.3) is 10.9 Å². The number of aliphatic hydroxyl groups is 1. The highest BCUT2D eigenvalue weighted by molar-refractivity contribution is 6.31. The highest BCUT2D eigenvalue weighted by atomic mass is 35.5. The number of hydrogen-bond donors (Lipinski definition) is 2. The smallest absolute Gasteiger partial charge is 0.321 e. The van der Waals surface area contributed by atoms with E-state index in [2.05, 4.69) is 46.3 Å². The maximum Gasteiger partial charge on any atom is 0.321 e. The maximum atomic E-state index is 13.0. The SMILES string of the molecule is CN1CCN(Cc2ccc(NC(=O)N3CCC(C4(C)C(O)c5cc(Cl)cc6cnn4c56)CC3)cc2)CC1. The Morgan fingerprint density at radius 2 is 1.81 bits per heavy atom. The molecule has 9 heteroatoms. The van der Waals surface area contributed by atoms with Gasteiger partial charge in [-0.25, -0.2) is 4.79 Å². The standard InChI is InChI=1S/C28H35ClN6O2/c1-28(26(36)24-16-22(29)15-20-17-30-35(28)25(20)24)21-7-9-34(10-8-21)27(37)31-23-5-3-19(4-6-23)18-33-13-11-32(2)12-14-33/h3-6,15-17,21,26,36H,7-14,18H2,1-2H3,(H,31,37). The number of carbonyl (C=O) groups excluding carboxylic acids is 1. The Morgan fingerprint density at radius 3 is 2.51 bits per heavy atom. The number of amides is 2. The van der Waals surface area contributed by atoms with Crippen molar-refractivity contribution in [3.05, 3.63) is 58.7 Å². The van der Waals surface area contributed by atoms with Gasteiger partial charge < -0.3 is 20.2 Å². The Kier molecular flexibility index (Phi) is 6.39. The first-order valence-corrected chi connectivity index (χ1v) is 13.6. The lowest BCUT2D eigenvalue weighted by molar-refractivity contribution is -0.0111. The molecule has 2 unspecified atom stereocenters. The van der Waals surface area contributed by atoms with E-state index in [1.807, 2.05) is 40.0 Å². The fourth-order valence-electron chi connectivity index (χ4n) is 6.39. The molecule has 0 aliphatic carbocycles. The normalized spacial score (nSPS) is 25.2. The molecule has 2 saturated heterocycles. The molecule has 2 aromatic carbocycles. The fourth-order valence-corrected chi connectivity index (χ4v) is 6.63. The molecular weight excluding hydrogens is 488 g/mol. The van der Waals surface area contributed by atoms with Gasteiger partial charge in [-0.15, -0.1) is 0 Å². The van der Waals surface area contributed by atoms with Gasteiger partial charge in [0.05, 0.1) is 17.3 Å². The average molecular weight is 523 g/mol. The topological polar surface area (TPSA) is 76.9 Å². The molecule has 3 aromatic rings. The van der Waals surface area contributed by atoms with Crippen LogP contribution in [0.1, 0.15) is 37.0 Å². The van der Waals surface area contributed by atoms with Crippen LogP contribution in [0.4, 0.5) is 10.5 Å². The maximum absolute atomic E-state index is 13.0. The van der Waals surface area contributed by atoms with Crippen molar-refractivity contribution >= 4 is 34.2 Å². The lowest BCUT2D eigenvalue weighted by Gasteiger charge is -2.42. The Hall–Kier alpha value is -2.65. The van der Waals surface area contributed by atoms with E-state index < -0.39 is 11.6 Å². The van der Waals surface area contributed by atoms with Crippen molar-refractivity contribution < 1.29 is 9.90 Å². The van der Waals surface area contributed by atoms with Crippen molar-refractivity contribution in [3.63, 3.8) is 0 Å². The van der Waals surface area contributed by atoms with Crippen molar-refractivity contribution in [1.29, 1.82) is 0 Å². The van der Waals surface area contributed by atoms with Crippen LogP contribution in [0.3, 0.4) is 0 Å². The predicted octanol–water partition coefficient (Wildman–Crippen LogP) is 4.14. The van der Waals surface area contributed by atoms with Crippen molar-refractivity contribution in [1.82, 2.24) is 24.5 Å². The van der Waals surface area contributed by atoms with Crippen LogP contribution >= 0.6 is 11.6 Å². The van der Waals surface area contributed by atoms with E-state index >= 15 is 0 Å². The molecule has 0 bridgehead atoms. The number of anilines is 1. The molecule has 2 amide bonds. The lowest BCUT2D eigenvalue weighted by Crippen LogP contribution is -2.49. The molecule has 2 atom stereocenters. The molecule has 196 valence electrons. The molecular formula is C28H35ClN6O2. The number of rotatable bonds is 4. The van der Waals surface area contributed by atoms with E-state index in [0.29, 0.717) is 18.1 Å². The number of aliphatic hydroxyl groups excluding tert-OH is 1. The summed E-state index contributed by atoms with van der Waals surface area (Å²) in [6.07, 6.45) is 2.75. The number of aromatic nitrogens is 2. The molecule has 0 spiro atoms. The summed E-state index contributed by atoms with van der Waals surface area (Å²) in [6.45, 7) is 8.70. The van der Waals surface area contributed by atoms with Gasteiger partial charge >= 0.3 is 6.03 Å². The molecule has 0 saturated carbocycles. The molecule has 37 heavy (non-hydrogen) atoms. The van der Waals surface area contributed by atoms with E-state index in [4.69, 9.17) is 11.6 Å². The van der Waals surface area contributed by atoms with Crippen LogP contribution in [0, 0.1) is 5.92 Å². The van der Waals surface area contributed by atoms with Crippen LogP contribution in [-0.2, 0) is 12.1 Å². The van der Waals surface area contributed by atoms with E-state index in [1.54, 1.807) is 0 Å². The van der Waals surface area contributed by atoms with E-state index in [0.717, 1.165) is 67.7 Å². The van der Waals surface area contributed by atoms with Gasteiger partial charge in [-0.2, -0.15) is 5.10 Å². The average Bonchev–Trinajstić information content (AvgIpc) is 3.42. The largest absolute Gasteiger partial charge is 0.386 e. The molecule has 2 fully saturated rings. The number of piperidine rings is 1. The number of carbonyl (C=O) groups is 1. The fraction of sp³-hybridized carbons (Fsp3) is 0.500.